The molecular weight excluding hydrogens is 247 g/mol. The number of halogens is 1. The predicted octanol–water partition coefficient (Wildman–Crippen LogP) is 2.84. The molecule has 0 saturated heterocycles. The number of rotatable bonds is 4. The Balaban J connectivity index is 2.22. The van der Waals surface area contributed by atoms with Crippen molar-refractivity contribution in [2.45, 2.75) is 13.5 Å². The molecule has 0 amide bonds. The summed E-state index contributed by atoms with van der Waals surface area (Å²) in [6.45, 7) is 1.98. The van der Waals surface area contributed by atoms with Gasteiger partial charge in [0.1, 0.15) is 11.4 Å². The lowest BCUT2D eigenvalue weighted by atomic mass is 10.1. The van der Waals surface area contributed by atoms with Crippen LogP contribution >= 0.6 is 0 Å². The largest absolute Gasteiger partial charge is 0.478 e. The number of aryl methyl sites for hydroxylation is 1. The fourth-order valence-electron chi connectivity index (χ4n) is 1.71. The molecule has 2 aromatic rings. The standard InChI is InChI=1S/C14H13FN2O2/c1-9-6-13(11(8-16-9)14(18)19)17-7-10-4-2-3-5-12(10)15/h2-6,8H,7H2,1H3,(H,16,17)(H,18,19). The Kier molecular flexibility index (Phi) is 3.75. The molecular formula is C14H13FN2O2. The molecule has 4 nitrogen and oxygen atoms in total. The van der Waals surface area contributed by atoms with E-state index in [9.17, 15) is 9.18 Å². The van der Waals surface area contributed by atoms with E-state index in [1.165, 1.54) is 12.3 Å². The summed E-state index contributed by atoms with van der Waals surface area (Å²) < 4.78 is 13.5. The van der Waals surface area contributed by atoms with E-state index in [1.807, 2.05) is 0 Å². The lowest BCUT2D eigenvalue weighted by Gasteiger charge is -2.10. The Morgan fingerprint density at radius 3 is 2.84 bits per heavy atom. The second-order valence-electron chi connectivity index (χ2n) is 4.12. The van der Waals surface area contributed by atoms with E-state index in [0.717, 1.165) is 0 Å². The van der Waals surface area contributed by atoms with E-state index >= 15 is 0 Å². The Hall–Kier alpha value is -2.43. The molecule has 0 aliphatic carbocycles. The van der Waals surface area contributed by atoms with Crippen LogP contribution in [0.2, 0.25) is 0 Å². The second kappa shape index (κ2) is 5.48. The van der Waals surface area contributed by atoms with Gasteiger partial charge in [-0.05, 0) is 19.1 Å². The lowest BCUT2D eigenvalue weighted by Crippen LogP contribution is -2.08. The number of nitrogens with one attached hydrogen (secondary N) is 1. The molecule has 5 heteroatoms. The summed E-state index contributed by atoms with van der Waals surface area (Å²) in [6, 6.07) is 7.99. The summed E-state index contributed by atoms with van der Waals surface area (Å²) >= 11 is 0. The number of nitrogens with zero attached hydrogens (tertiary/aromatic N) is 1. The summed E-state index contributed by atoms with van der Waals surface area (Å²) in [5.74, 6) is -1.39. The molecule has 0 radical (unpaired) electrons. The van der Waals surface area contributed by atoms with E-state index < -0.39 is 5.97 Å². The molecule has 2 N–H and O–H groups in total. The molecule has 0 aliphatic heterocycles. The quantitative estimate of drug-likeness (QED) is 0.887. The fourth-order valence-corrected chi connectivity index (χ4v) is 1.71. The SMILES string of the molecule is Cc1cc(NCc2ccccc2F)c(C(=O)O)cn1. The van der Waals surface area contributed by atoms with Crippen LogP contribution in [0.4, 0.5) is 10.1 Å². The zero-order valence-corrected chi connectivity index (χ0v) is 10.4. The van der Waals surface area contributed by atoms with Crippen molar-refractivity contribution in [2.75, 3.05) is 5.32 Å². The number of benzene rings is 1. The first-order valence-corrected chi connectivity index (χ1v) is 5.75. The van der Waals surface area contributed by atoms with E-state index in [4.69, 9.17) is 5.11 Å². The van der Waals surface area contributed by atoms with Crippen LogP contribution < -0.4 is 5.32 Å². The van der Waals surface area contributed by atoms with Gasteiger partial charge in [0.15, 0.2) is 0 Å². The molecule has 1 aromatic carbocycles. The van der Waals surface area contributed by atoms with Gasteiger partial charge in [-0.25, -0.2) is 9.18 Å². The van der Waals surface area contributed by atoms with Crippen LogP contribution in [0.25, 0.3) is 0 Å². The topological polar surface area (TPSA) is 62.2 Å². The molecule has 19 heavy (non-hydrogen) atoms. The van der Waals surface area contributed by atoms with Gasteiger partial charge in [-0.2, -0.15) is 0 Å². The smallest absolute Gasteiger partial charge is 0.339 e. The number of aromatic nitrogens is 1. The maximum atomic E-state index is 13.5. The summed E-state index contributed by atoms with van der Waals surface area (Å²) in [7, 11) is 0. The van der Waals surface area contributed by atoms with Gasteiger partial charge in [0, 0.05) is 24.0 Å². The first-order valence-electron chi connectivity index (χ1n) is 5.75. The Labute approximate surface area is 109 Å². The van der Waals surface area contributed by atoms with Crippen LogP contribution in [0.3, 0.4) is 0 Å². The third-order valence-electron chi connectivity index (χ3n) is 2.70. The van der Waals surface area contributed by atoms with Crippen LogP contribution in [0.5, 0.6) is 0 Å². The summed E-state index contributed by atoms with van der Waals surface area (Å²) in [5, 5.41) is 12.0. The number of carbonyl (C=O) groups is 1. The highest BCUT2D eigenvalue weighted by Crippen LogP contribution is 2.17. The summed E-state index contributed by atoms with van der Waals surface area (Å²) in [5.41, 5.74) is 1.68. The van der Waals surface area contributed by atoms with Gasteiger partial charge in [-0.3, -0.25) is 4.98 Å². The average molecular weight is 260 g/mol. The van der Waals surface area contributed by atoms with Crippen LogP contribution in [0.15, 0.2) is 36.5 Å². The molecule has 0 fully saturated rings. The Morgan fingerprint density at radius 2 is 2.16 bits per heavy atom. The van der Waals surface area contributed by atoms with Gasteiger partial charge < -0.3 is 10.4 Å². The minimum absolute atomic E-state index is 0.0712. The molecule has 98 valence electrons. The third kappa shape index (κ3) is 3.07. The highest BCUT2D eigenvalue weighted by atomic mass is 19.1. The minimum atomic E-state index is -1.07. The van der Waals surface area contributed by atoms with E-state index in [1.54, 1.807) is 31.2 Å². The molecule has 0 atom stereocenters. The van der Waals surface area contributed by atoms with Gasteiger partial charge in [0.2, 0.25) is 0 Å². The van der Waals surface area contributed by atoms with Gasteiger partial charge >= 0.3 is 5.97 Å². The number of hydrogen-bond donors (Lipinski definition) is 2. The van der Waals surface area contributed by atoms with Crippen molar-refractivity contribution >= 4 is 11.7 Å². The van der Waals surface area contributed by atoms with Gasteiger partial charge in [0.25, 0.3) is 0 Å². The Morgan fingerprint density at radius 1 is 1.42 bits per heavy atom. The van der Waals surface area contributed by atoms with Crippen molar-refractivity contribution < 1.29 is 14.3 Å². The summed E-state index contributed by atoms with van der Waals surface area (Å²) in [6.07, 6.45) is 1.29. The number of hydrogen-bond acceptors (Lipinski definition) is 3. The number of pyridine rings is 1. The van der Waals surface area contributed by atoms with Crippen molar-refractivity contribution in [1.29, 1.82) is 0 Å². The van der Waals surface area contributed by atoms with Crippen LogP contribution in [-0.2, 0) is 6.54 Å². The van der Waals surface area contributed by atoms with Crippen molar-refractivity contribution in [3.63, 3.8) is 0 Å². The first kappa shape index (κ1) is 13.0. The fraction of sp³-hybridized carbons (Fsp3) is 0.143. The van der Waals surface area contributed by atoms with Gasteiger partial charge in [0.05, 0.1) is 5.69 Å². The van der Waals surface area contributed by atoms with Crippen LogP contribution in [-0.4, -0.2) is 16.1 Å². The van der Waals surface area contributed by atoms with E-state index in [2.05, 4.69) is 10.3 Å². The number of carboxylic acid groups (broad SMARTS) is 1. The monoisotopic (exact) mass is 260 g/mol. The number of aromatic carboxylic acids is 1. The molecule has 1 heterocycles. The number of carboxylic acids is 1. The lowest BCUT2D eigenvalue weighted by molar-refractivity contribution is 0.0697. The summed E-state index contributed by atoms with van der Waals surface area (Å²) in [4.78, 5) is 15.0. The van der Waals surface area contributed by atoms with Crippen molar-refractivity contribution in [2.24, 2.45) is 0 Å². The maximum absolute atomic E-state index is 13.5. The molecule has 0 saturated carbocycles. The van der Waals surface area contributed by atoms with Crippen molar-refractivity contribution in [3.8, 4) is 0 Å². The van der Waals surface area contributed by atoms with E-state index in [-0.39, 0.29) is 17.9 Å². The molecule has 0 unspecified atom stereocenters. The molecule has 1 aromatic heterocycles. The highest BCUT2D eigenvalue weighted by molar-refractivity contribution is 5.93. The second-order valence-corrected chi connectivity index (χ2v) is 4.12. The van der Waals surface area contributed by atoms with Crippen molar-refractivity contribution in [3.05, 3.63) is 59.2 Å². The average Bonchev–Trinajstić information content (AvgIpc) is 2.37. The van der Waals surface area contributed by atoms with Gasteiger partial charge in [-0.15, -0.1) is 0 Å². The first-order chi connectivity index (χ1) is 9.08. The highest BCUT2D eigenvalue weighted by Gasteiger charge is 2.11. The van der Waals surface area contributed by atoms with Crippen LogP contribution in [0.1, 0.15) is 21.6 Å². The zero-order valence-electron chi connectivity index (χ0n) is 10.4. The minimum Gasteiger partial charge on any atom is -0.478 e. The molecule has 0 bridgehead atoms. The van der Waals surface area contributed by atoms with Crippen LogP contribution in [0, 0.1) is 12.7 Å². The molecule has 0 spiro atoms. The third-order valence-corrected chi connectivity index (χ3v) is 2.70. The molecule has 2 rings (SSSR count). The normalized spacial score (nSPS) is 10.2. The predicted molar refractivity (Wildman–Crippen MR) is 69.7 cm³/mol. The van der Waals surface area contributed by atoms with Crippen molar-refractivity contribution in [1.82, 2.24) is 4.98 Å². The van der Waals surface area contributed by atoms with Gasteiger partial charge in [-0.1, -0.05) is 18.2 Å². The zero-order chi connectivity index (χ0) is 13.8. The number of anilines is 1. The maximum Gasteiger partial charge on any atom is 0.339 e. The Bertz CT molecular complexity index is 614. The van der Waals surface area contributed by atoms with E-state index in [0.29, 0.717) is 16.9 Å². The molecule has 0 aliphatic rings.